The summed E-state index contributed by atoms with van der Waals surface area (Å²) in [5.74, 6) is 2.96. The van der Waals surface area contributed by atoms with Crippen molar-refractivity contribution in [2.24, 2.45) is 5.92 Å². The molecule has 1 saturated heterocycles. The Labute approximate surface area is 102 Å². The van der Waals surface area contributed by atoms with Crippen LogP contribution in [0.15, 0.2) is 24.3 Å². The molecule has 2 unspecified atom stereocenters. The first-order chi connectivity index (χ1) is 7.83. The van der Waals surface area contributed by atoms with E-state index in [0.717, 1.165) is 18.4 Å². The lowest BCUT2D eigenvalue weighted by Gasteiger charge is -2.27. The molecule has 16 heavy (non-hydrogen) atoms. The second kappa shape index (κ2) is 4.42. The summed E-state index contributed by atoms with van der Waals surface area (Å²) in [7, 11) is 0. The molecule has 0 aromatic heterocycles. The minimum Gasteiger partial charge on any atom is -0.301 e. The van der Waals surface area contributed by atoms with Gasteiger partial charge in [0.05, 0.1) is 5.37 Å². The molecule has 86 valence electrons. The van der Waals surface area contributed by atoms with Gasteiger partial charge in [-0.15, -0.1) is 11.8 Å². The molecule has 2 fully saturated rings. The highest BCUT2D eigenvalue weighted by atomic mass is 32.2. The van der Waals surface area contributed by atoms with E-state index in [-0.39, 0.29) is 0 Å². The van der Waals surface area contributed by atoms with Crippen molar-refractivity contribution >= 4 is 11.8 Å². The SMILES string of the molecule is CC1CNC(c2cccc(C3CC3)c2)SC1. The molecule has 1 heterocycles. The maximum atomic E-state index is 3.63. The van der Waals surface area contributed by atoms with Crippen LogP contribution in [0, 0.1) is 5.92 Å². The summed E-state index contributed by atoms with van der Waals surface area (Å²) in [6, 6.07) is 9.20. The van der Waals surface area contributed by atoms with Gasteiger partial charge in [0.15, 0.2) is 0 Å². The highest BCUT2D eigenvalue weighted by Crippen LogP contribution is 2.41. The lowest BCUT2D eigenvalue weighted by Crippen LogP contribution is -2.31. The monoisotopic (exact) mass is 233 g/mol. The van der Waals surface area contributed by atoms with Crippen LogP contribution in [0.1, 0.15) is 42.2 Å². The van der Waals surface area contributed by atoms with Gasteiger partial charge in [-0.3, -0.25) is 0 Å². The number of rotatable bonds is 2. The standard InChI is InChI=1S/C14H19NS/c1-10-8-15-14(16-9-10)13-4-2-3-12(7-13)11-5-6-11/h2-4,7,10-11,14-15H,5-6,8-9H2,1H3. The Bertz CT molecular complexity index is 365. The third-order valence-electron chi connectivity index (χ3n) is 3.46. The molecule has 1 aromatic carbocycles. The molecule has 1 aliphatic carbocycles. The van der Waals surface area contributed by atoms with Crippen molar-refractivity contribution in [3.05, 3.63) is 35.4 Å². The maximum absolute atomic E-state index is 3.63. The van der Waals surface area contributed by atoms with Crippen LogP contribution in [0.5, 0.6) is 0 Å². The summed E-state index contributed by atoms with van der Waals surface area (Å²) < 4.78 is 0. The number of hydrogen-bond acceptors (Lipinski definition) is 2. The molecule has 0 amide bonds. The molecule has 1 N–H and O–H groups in total. The van der Waals surface area contributed by atoms with E-state index in [1.54, 1.807) is 5.56 Å². The van der Waals surface area contributed by atoms with Crippen LogP contribution in [0.2, 0.25) is 0 Å². The highest BCUT2D eigenvalue weighted by Gasteiger charge is 2.25. The quantitative estimate of drug-likeness (QED) is 0.838. The highest BCUT2D eigenvalue weighted by molar-refractivity contribution is 7.99. The van der Waals surface area contributed by atoms with E-state index in [2.05, 4.69) is 48.3 Å². The molecule has 2 aliphatic rings. The molecule has 0 bridgehead atoms. The average Bonchev–Trinajstić information content (AvgIpc) is 3.14. The van der Waals surface area contributed by atoms with Crippen molar-refractivity contribution in [2.45, 2.75) is 31.1 Å². The third kappa shape index (κ3) is 2.28. The van der Waals surface area contributed by atoms with E-state index < -0.39 is 0 Å². The first-order valence-electron chi connectivity index (χ1n) is 6.28. The minimum atomic E-state index is 0.523. The summed E-state index contributed by atoms with van der Waals surface area (Å²) in [6.45, 7) is 3.47. The molecule has 1 aliphatic heterocycles. The first-order valence-corrected chi connectivity index (χ1v) is 7.32. The Balaban J connectivity index is 1.75. The van der Waals surface area contributed by atoms with E-state index in [1.807, 2.05) is 0 Å². The summed E-state index contributed by atoms with van der Waals surface area (Å²) in [5, 5.41) is 4.16. The Hall–Kier alpha value is -0.470. The zero-order valence-corrected chi connectivity index (χ0v) is 10.6. The fourth-order valence-electron chi connectivity index (χ4n) is 2.29. The summed E-state index contributed by atoms with van der Waals surface area (Å²) in [6.07, 6.45) is 2.79. The van der Waals surface area contributed by atoms with Crippen molar-refractivity contribution in [2.75, 3.05) is 12.3 Å². The van der Waals surface area contributed by atoms with Gasteiger partial charge in [-0.25, -0.2) is 0 Å². The Morgan fingerprint density at radius 3 is 2.75 bits per heavy atom. The summed E-state index contributed by atoms with van der Waals surface area (Å²) in [5.41, 5.74) is 3.03. The smallest absolute Gasteiger partial charge is 0.0789 e. The van der Waals surface area contributed by atoms with Crippen molar-refractivity contribution in [3.63, 3.8) is 0 Å². The van der Waals surface area contributed by atoms with Crippen LogP contribution < -0.4 is 5.32 Å². The van der Waals surface area contributed by atoms with Gasteiger partial charge in [0.1, 0.15) is 0 Å². The third-order valence-corrected chi connectivity index (χ3v) is 4.99. The van der Waals surface area contributed by atoms with E-state index in [4.69, 9.17) is 0 Å². The Morgan fingerprint density at radius 1 is 1.25 bits per heavy atom. The van der Waals surface area contributed by atoms with Crippen LogP contribution in [-0.4, -0.2) is 12.3 Å². The number of benzene rings is 1. The average molecular weight is 233 g/mol. The molecule has 2 heteroatoms. The van der Waals surface area contributed by atoms with Crippen LogP contribution >= 0.6 is 11.8 Å². The summed E-state index contributed by atoms with van der Waals surface area (Å²) >= 11 is 2.05. The molecule has 1 nitrogen and oxygen atoms in total. The van der Waals surface area contributed by atoms with Crippen molar-refractivity contribution in [1.29, 1.82) is 0 Å². The second-order valence-electron chi connectivity index (χ2n) is 5.17. The van der Waals surface area contributed by atoms with Gasteiger partial charge < -0.3 is 5.32 Å². The topological polar surface area (TPSA) is 12.0 Å². The zero-order chi connectivity index (χ0) is 11.0. The molecule has 2 atom stereocenters. The lowest BCUT2D eigenvalue weighted by atomic mass is 10.1. The van der Waals surface area contributed by atoms with Gasteiger partial charge in [-0.2, -0.15) is 0 Å². The number of thioether (sulfide) groups is 1. The van der Waals surface area contributed by atoms with Crippen molar-refractivity contribution in [1.82, 2.24) is 5.32 Å². The fourth-order valence-corrected chi connectivity index (χ4v) is 3.49. The maximum Gasteiger partial charge on any atom is 0.0789 e. The van der Waals surface area contributed by atoms with E-state index in [1.165, 1.54) is 24.2 Å². The lowest BCUT2D eigenvalue weighted by molar-refractivity contribution is 0.529. The molecular weight excluding hydrogens is 214 g/mol. The second-order valence-corrected chi connectivity index (χ2v) is 6.31. The largest absolute Gasteiger partial charge is 0.301 e. The number of hydrogen-bond donors (Lipinski definition) is 1. The molecule has 1 aromatic rings. The number of nitrogens with one attached hydrogen (secondary N) is 1. The molecule has 0 radical (unpaired) electrons. The van der Waals surface area contributed by atoms with Crippen LogP contribution in [0.3, 0.4) is 0 Å². The Morgan fingerprint density at radius 2 is 2.06 bits per heavy atom. The molecule has 0 spiro atoms. The van der Waals surface area contributed by atoms with Gasteiger partial charge in [-0.05, 0) is 48.1 Å². The van der Waals surface area contributed by atoms with Crippen LogP contribution in [0.25, 0.3) is 0 Å². The molecule has 3 rings (SSSR count). The summed E-state index contributed by atoms with van der Waals surface area (Å²) in [4.78, 5) is 0. The molecular formula is C14H19NS. The normalized spacial score (nSPS) is 30.3. The Kier molecular flexibility index (Phi) is 2.95. The van der Waals surface area contributed by atoms with Crippen molar-refractivity contribution < 1.29 is 0 Å². The van der Waals surface area contributed by atoms with Crippen LogP contribution in [-0.2, 0) is 0 Å². The van der Waals surface area contributed by atoms with Gasteiger partial charge in [0.2, 0.25) is 0 Å². The molecule has 1 saturated carbocycles. The van der Waals surface area contributed by atoms with E-state index >= 15 is 0 Å². The van der Waals surface area contributed by atoms with Crippen LogP contribution in [0.4, 0.5) is 0 Å². The predicted octanol–water partition coefficient (Wildman–Crippen LogP) is 3.54. The van der Waals surface area contributed by atoms with Crippen molar-refractivity contribution in [3.8, 4) is 0 Å². The fraction of sp³-hybridized carbons (Fsp3) is 0.571. The van der Waals surface area contributed by atoms with E-state index in [9.17, 15) is 0 Å². The zero-order valence-electron chi connectivity index (χ0n) is 9.78. The van der Waals surface area contributed by atoms with Gasteiger partial charge in [0, 0.05) is 0 Å². The minimum absolute atomic E-state index is 0.523. The van der Waals surface area contributed by atoms with Gasteiger partial charge in [-0.1, -0.05) is 31.2 Å². The predicted molar refractivity (Wildman–Crippen MR) is 70.8 cm³/mol. The first kappa shape index (κ1) is 10.7. The van der Waals surface area contributed by atoms with E-state index in [0.29, 0.717) is 5.37 Å². The van der Waals surface area contributed by atoms with Gasteiger partial charge >= 0.3 is 0 Å². The van der Waals surface area contributed by atoms with Gasteiger partial charge in [0.25, 0.3) is 0 Å².